The molecule has 0 bridgehead atoms. The Labute approximate surface area is 127 Å². The predicted molar refractivity (Wildman–Crippen MR) is 82.0 cm³/mol. The predicted octanol–water partition coefficient (Wildman–Crippen LogP) is 2.11. The van der Waals surface area contributed by atoms with Gasteiger partial charge < -0.3 is 10.3 Å². The van der Waals surface area contributed by atoms with Crippen LogP contribution < -0.4 is 5.32 Å². The van der Waals surface area contributed by atoms with Gasteiger partial charge in [0, 0.05) is 29.7 Å². The second kappa shape index (κ2) is 6.17. The number of rotatable bonds is 4. The number of carbonyl (C=O) groups is 1. The Hall–Kier alpha value is -3.02. The maximum atomic E-state index is 12.2. The highest BCUT2D eigenvalue weighted by atomic mass is 16.1. The standard InChI is InChI=1S/C16H15N5O/c1-11-8-20-14(9-19-11)10-21-16(22)13-4-2-3-12(7-13)15-17-5-6-18-15/h2-9H,10H2,1H3,(H,17,18)(H,21,22). The summed E-state index contributed by atoms with van der Waals surface area (Å²) in [5, 5.41) is 2.84. The smallest absolute Gasteiger partial charge is 0.251 e. The van der Waals surface area contributed by atoms with Gasteiger partial charge in [-0.1, -0.05) is 12.1 Å². The fraction of sp³-hybridized carbons (Fsp3) is 0.125. The summed E-state index contributed by atoms with van der Waals surface area (Å²) in [6.45, 7) is 2.21. The Morgan fingerprint density at radius 1 is 1.23 bits per heavy atom. The summed E-state index contributed by atoms with van der Waals surface area (Å²) >= 11 is 0. The third kappa shape index (κ3) is 3.17. The van der Waals surface area contributed by atoms with E-state index in [4.69, 9.17) is 0 Å². The molecule has 6 heteroatoms. The summed E-state index contributed by atoms with van der Waals surface area (Å²) in [4.78, 5) is 27.8. The lowest BCUT2D eigenvalue weighted by molar-refractivity contribution is 0.0950. The first-order valence-corrected chi connectivity index (χ1v) is 6.88. The monoisotopic (exact) mass is 293 g/mol. The minimum atomic E-state index is -0.157. The van der Waals surface area contributed by atoms with Crippen LogP contribution in [-0.4, -0.2) is 25.8 Å². The molecule has 1 aromatic carbocycles. The number of benzene rings is 1. The molecular weight excluding hydrogens is 278 g/mol. The Bertz CT molecular complexity index is 765. The van der Waals surface area contributed by atoms with E-state index in [9.17, 15) is 4.79 Å². The van der Waals surface area contributed by atoms with E-state index in [2.05, 4.69) is 25.3 Å². The summed E-state index contributed by atoms with van der Waals surface area (Å²) in [7, 11) is 0. The molecule has 2 heterocycles. The molecule has 1 amide bonds. The average Bonchev–Trinajstić information content (AvgIpc) is 3.09. The number of imidazole rings is 1. The second-order valence-electron chi connectivity index (χ2n) is 4.85. The zero-order valence-corrected chi connectivity index (χ0v) is 12.1. The Balaban J connectivity index is 1.70. The molecule has 2 N–H and O–H groups in total. The molecule has 0 unspecified atom stereocenters. The van der Waals surface area contributed by atoms with Gasteiger partial charge in [0.25, 0.3) is 5.91 Å². The topological polar surface area (TPSA) is 83.6 Å². The molecule has 0 radical (unpaired) electrons. The first-order chi connectivity index (χ1) is 10.7. The molecule has 0 saturated carbocycles. The highest BCUT2D eigenvalue weighted by Gasteiger charge is 2.08. The summed E-state index contributed by atoms with van der Waals surface area (Å²) in [6.07, 6.45) is 6.77. The Morgan fingerprint density at radius 3 is 2.86 bits per heavy atom. The highest BCUT2D eigenvalue weighted by molar-refractivity contribution is 5.95. The van der Waals surface area contributed by atoms with Gasteiger partial charge in [0.1, 0.15) is 5.82 Å². The van der Waals surface area contributed by atoms with Crippen LogP contribution in [0.2, 0.25) is 0 Å². The van der Waals surface area contributed by atoms with Crippen molar-refractivity contribution in [1.29, 1.82) is 0 Å². The SMILES string of the molecule is Cc1cnc(CNC(=O)c2cccc(-c3ncc[nH]3)c2)cn1. The number of nitrogens with zero attached hydrogens (tertiary/aromatic N) is 3. The lowest BCUT2D eigenvalue weighted by Crippen LogP contribution is -2.23. The highest BCUT2D eigenvalue weighted by Crippen LogP contribution is 2.16. The molecule has 110 valence electrons. The second-order valence-corrected chi connectivity index (χ2v) is 4.85. The van der Waals surface area contributed by atoms with Gasteiger partial charge in [0.2, 0.25) is 0 Å². The van der Waals surface area contributed by atoms with Gasteiger partial charge in [-0.2, -0.15) is 0 Å². The molecule has 0 aliphatic rings. The number of hydrogen-bond acceptors (Lipinski definition) is 4. The molecule has 3 aromatic rings. The van der Waals surface area contributed by atoms with Crippen LogP contribution in [0.25, 0.3) is 11.4 Å². The first kappa shape index (κ1) is 13.9. The Morgan fingerprint density at radius 2 is 2.14 bits per heavy atom. The van der Waals surface area contributed by atoms with Crippen molar-refractivity contribution in [3.63, 3.8) is 0 Å². The number of H-pyrrole nitrogens is 1. The van der Waals surface area contributed by atoms with E-state index in [1.54, 1.807) is 36.9 Å². The van der Waals surface area contributed by atoms with E-state index >= 15 is 0 Å². The zero-order valence-electron chi connectivity index (χ0n) is 12.1. The van der Waals surface area contributed by atoms with Gasteiger partial charge in [-0.25, -0.2) is 4.98 Å². The average molecular weight is 293 g/mol. The van der Waals surface area contributed by atoms with Crippen LogP contribution in [0.15, 0.2) is 49.1 Å². The summed E-state index contributed by atoms with van der Waals surface area (Å²) in [5.41, 5.74) is 3.02. The van der Waals surface area contributed by atoms with E-state index < -0.39 is 0 Å². The number of hydrogen-bond donors (Lipinski definition) is 2. The molecule has 0 aliphatic carbocycles. The number of amides is 1. The van der Waals surface area contributed by atoms with E-state index in [0.29, 0.717) is 12.1 Å². The zero-order chi connectivity index (χ0) is 15.4. The largest absolute Gasteiger partial charge is 0.346 e. The molecule has 0 fully saturated rings. The molecule has 0 saturated heterocycles. The van der Waals surface area contributed by atoms with Gasteiger partial charge in [0.05, 0.1) is 24.1 Å². The van der Waals surface area contributed by atoms with Crippen LogP contribution in [-0.2, 0) is 6.54 Å². The van der Waals surface area contributed by atoms with Crippen molar-refractivity contribution in [2.75, 3.05) is 0 Å². The minimum absolute atomic E-state index is 0.157. The summed E-state index contributed by atoms with van der Waals surface area (Å²) in [5.74, 6) is 0.579. The number of aromatic amines is 1. The molecule has 3 rings (SSSR count). The van der Waals surface area contributed by atoms with Crippen LogP contribution in [0.4, 0.5) is 0 Å². The Kier molecular flexibility index (Phi) is 3.91. The maximum absolute atomic E-state index is 12.2. The van der Waals surface area contributed by atoms with E-state index in [0.717, 1.165) is 22.8 Å². The van der Waals surface area contributed by atoms with E-state index in [-0.39, 0.29) is 5.91 Å². The molecule has 0 aliphatic heterocycles. The van der Waals surface area contributed by atoms with E-state index in [1.807, 2.05) is 19.1 Å². The lowest BCUT2D eigenvalue weighted by atomic mass is 10.1. The third-order valence-electron chi connectivity index (χ3n) is 3.16. The summed E-state index contributed by atoms with van der Waals surface area (Å²) < 4.78 is 0. The van der Waals surface area contributed by atoms with Gasteiger partial charge in [0.15, 0.2) is 0 Å². The lowest BCUT2D eigenvalue weighted by Gasteiger charge is -2.06. The van der Waals surface area contributed by atoms with Crippen LogP contribution in [0.5, 0.6) is 0 Å². The maximum Gasteiger partial charge on any atom is 0.251 e. The molecule has 6 nitrogen and oxygen atoms in total. The number of nitrogens with one attached hydrogen (secondary N) is 2. The van der Waals surface area contributed by atoms with Crippen molar-refractivity contribution in [1.82, 2.24) is 25.3 Å². The minimum Gasteiger partial charge on any atom is -0.346 e. The van der Waals surface area contributed by atoms with Crippen LogP contribution in [0, 0.1) is 6.92 Å². The summed E-state index contributed by atoms with van der Waals surface area (Å²) in [6, 6.07) is 7.30. The van der Waals surface area contributed by atoms with Crippen molar-refractivity contribution >= 4 is 5.91 Å². The van der Waals surface area contributed by atoms with Gasteiger partial charge >= 0.3 is 0 Å². The van der Waals surface area contributed by atoms with Crippen LogP contribution in [0.3, 0.4) is 0 Å². The van der Waals surface area contributed by atoms with Gasteiger partial charge in [-0.15, -0.1) is 0 Å². The van der Waals surface area contributed by atoms with Crippen molar-refractivity contribution in [3.05, 3.63) is 66.0 Å². The molecular formula is C16H15N5O. The van der Waals surface area contributed by atoms with Gasteiger partial charge in [-0.05, 0) is 19.1 Å². The van der Waals surface area contributed by atoms with Crippen LogP contribution >= 0.6 is 0 Å². The van der Waals surface area contributed by atoms with E-state index in [1.165, 1.54) is 0 Å². The van der Waals surface area contributed by atoms with Gasteiger partial charge in [-0.3, -0.25) is 14.8 Å². The molecule has 0 spiro atoms. The quantitative estimate of drug-likeness (QED) is 0.771. The van der Waals surface area contributed by atoms with Crippen molar-refractivity contribution < 1.29 is 4.79 Å². The number of carbonyl (C=O) groups excluding carboxylic acids is 1. The molecule has 0 atom stereocenters. The fourth-order valence-electron chi connectivity index (χ4n) is 2.01. The fourth-order valence-corrected chi connectivity index (χ4v) is 2.01. The molecule has 22 heavy (non-hydrogen) atoms. The number of aryl methyl sites for hydroxylation is 1. The molecule has 2 aromatic heterocycles. The van der Waals surface area contributed by atoms with Crippen LogP contribution in [0.1, 0.15) is 21.7 Å². The van der Waals surface area contributed by atoms with Crippen molar-refractivity contribution in [2.45, 2.75) is 13.5 Å². The van der Waals surface area contributed by atoms with Crippen molar-refractivity contribution in [3.8, 4) is 11.4 Å². The normalized spacial score (nSPS) is 10.4. The van der Waals surface area contributed by atoms with Crippen molar-refractivity contribution in [2.24, 2.45) is 0 Å². The number of aromatic nitrogens is 4. The third-order valence-corrected chi connectivity index (χ3v) is 3.16. The first-order valence-electron chi connectivity index (χ1n) is 6.88.